The van der Waals surface area contributed by atoms with Crippen LogP contribution in [0.5, 0.6) is 0 Å². The Labute approximate surface area is 179 Å². The minimum absolute atomic E-state index is 0.0393. The second-order valence-electron chi connectivity index (χ2n) is 7.51. The van der Waals surface area contributed by atoms with Crippen molar-refractivity contribution in [2.45, 2.75) is 31.7 Å². The highest BCUT2D eigenvalue weighted by atomic mass is 16.6. The van der Waals surface area contributed by atoms with Crippen LogP contribution in [-0.2, 0) is 17.8 Å². The summed E-state index contributed by atoms with van der Waals surface area (Å²) in [6, 6.07) is 18.5. The molecule has 2 N–H and O–H groups in total. The van der Waals surface area contributed by atoms with Gasteiger partial charge in [-0.2, -0.15) is 0 Å². The number of H-pyrrole nitrogens is 1. The van der Waals surface area contributed by atoms with Gasteiger partial charge in [-0.05, 0) is 48.1 Å². The first kappa shape index (κ1) is 20.4. The summed E-state index contributed by atoms with van der Waals surface area (Å²) in [4.78, 5) is 26.7. The molecule has 4 aromatic rings. The average molecular weight is 417 g/mol. The van der Waals surface area contributed by atoms with Crippen molar-refractivity contribution < 1.29 is 14.1 Å². The summed E-state index contributed by atoms with van der Waals surface area (Å²) < 4.78 is 5.28. The first-order chi connectivity index (χ1) is 15.1. The summed E-state index contributed by atoms with van der Waals surface area (Å²) in [5.74, 6) is 0.513. The number of fused-ring (bicyclic) bond motifs is 1. The Morgan fingerprint density at radius 1 is 1.13 bits per heavy atom. The van der Waals surface area contributed by atoms with Gasteiger partial charge < -0.3 is 14.7 Å². The lowest BCUT2D eigenvalue weighted by Gasteiger charge is -2.16. The molecule has 2 aromatic heterocycles. The molecule has 0 saturated carbocycles. The van der Waals surface area contributed by atoms with Gasteiger partial charge in [0.25, 0.3) is 5.69 Å². The zero-order valence-corrected chi connectivity index (χ0v) is 16.9. The number of rotatable bonds is 9. The number of hydrogen-bond acceptors (Lipinski definition) is 4. The van der Waals surface area contributed by atoms with Crippen molar-refractivity contribution in [3.63, 3.8) is 0 Å². The molecule has 0 aliphatic heterocycles. The molecular weight excluding hydrogens is 394 g/mol. The number of hydrogen-bond donors (Lipinski definition) is 2. The largest absolute Gasteiger partial charge is 0.467 e. The van der Waals surface area contributed by atoms with Crippen molar-refractivity contribution in [3.05, 3.63) is 100 Å². The van der Waals surface area contributed by atoms with Gasteiger partial charge in [-0.25, -0.2) is 0 Å². The van der Waals surface area contributed by atoms with Crippen LogP contribution in [0.15, 0.2) is 77.5 Å². The summed E-state index contributed by atoms with van der Waals surface area (Å²) in [5.41, 5.74) is 2.97. The fraction of sp³-hybridized carbons (Fsp3) is 0.208. The van der Waals surface area contributed by atoms with Gasteiger partial charge >= 0.3 is 0 Å². The average Bonchev–Trinajstić information content (AvgIpc) is 3.45. The van der Waals surface area contributed by atoms with Crippen molar-refractivity contribution in [1.82, 2.24) is 10.3 Å². The molecule has 0 saturated heterocycles. The van der Waals surface area contributed by atoms with Crippen LogP contribution in [0.3, 0.4) is 0 Å². The molecule has 2 aromatic carbocycles. The van der Waals surface area contributed by atoms with E-state index < -0.39 is 4.92 Å². The predicted molar refractivity (Wildman–Crippen MR) is 118 cm³/mol. The van der Waals surface area contributed by atoms with Gasteiger partial charge in [-0.1, -0.05) is 30.3 Å². The molecule has 0 unspecified atom stereocenters. The van der Waals surface area contributed by atoms with Gasteiger partial charge in [-0.3, -0.25) is 14.9 Å². The van der Waals surface area contributed by atoms with E-state index in [4.69, 9.17) is 4.42 Å². The molecule has 4 rings (SSSR count). The number of carbonyl (C=O) groups is 1. The van der Waals surface area contributed by atoms with E-state index in [-0.39, 0.29) is 23.9 Å². The summed E-state index contributed by atoms with van der Waals surface area (Å²) in [7, 11) is 0. The molecule has 1 amide bonds. The SMILES string of the molecule is O=C(C[C@@H](CCc1ccccc1)c1c[nH]c2ccc([N+](=O)[O-])cc12)NCc1ccco1. The van der Waals surface area contributed by atoms with Crippen LogP contribution < -0.4 is 5.32 Å². The van der Waals surface area contributed by atoms with Gasteiger partial charge in [0.15, 0.2) is 0 Å². The smallest absolute Gasteiger partial charge is 0.270 e. The Balaban J connectivity index is 1.56. The van der Waals surface area contributed by atoms with E-state index in [1.807, 2.05) is 30.5 Å². The molecule has 0 aliphatic rings. The molecule has 31 heavy (non-hydrogen) atoms. The number of amides is 1. The van der Waals surface area contributed by atoms with Crippen LogP contribution in [-0.4, -0.2) is 15.8 Å². The van der Waals surface area contributed by atoms with Crippen LogP contribution in [0.1, 0.15) is 35.6 Å². The van der Waals surface area contributed by atoms with Crippen molar-refractivity contribution in [2.24, 2.45) is 0 Å². The van der Waals surface area contributed by atoms with Crippen LogP contribution in [0.25, 0.3) is 10.9 Å². The lowest BCUT2D eigenvalue weighted by Crippen LogP contribution is -2.24. The third-order valence-electron chi connectivity index (χ3n) is 5.44. The second kappa shape index (κ2) is 9.30. The maximum Gasteiger partial charge on any atom is 0.270 e. The van der Waals surface area contributed by atoms with Crippen molar-refractivity contribution in [2.75, 3.05) is 0 Å². The van der Waals surface area contributed by atoms with Gasteiger partial charge in [0.1, 0.15) is 5.76 Å². The monoisotopic (exact) mass is 417 g/mol. The van der Waals surface area contributed by atoms with Crippen molar-refractivity contribution in [3.8, 4) is 0 Å². The third-order valence-corrected chi connectivity index (χ3v) is 5.44. The van der Waals surface area contributed by atoms with E-state index in [2.05, 4.69) is 22.4 Å². The van der Waals surface area contributed by atoms with Crippen LogP contribution >= 0.6 is 0 Å². The van der Waals surface area contributed by atoms with E-state index in [0.717, 1.165) is 29.3 Å². The number of carbonyl (C=O) groups excluding carboxylic acids is 1. The number of aromatic amines is 1. The van der Waals surface area contributed by atoms with Gasteiger partial charge in [-0.15, -0.1) is 0 Å². The first-order valence-corrected chi connectivity index (χ1v) is 10.2. The van der Waals surface area contributed by atoms with E-state index in [0.29, 0.717) is 12.3 Å². The topological polar surface area (TPSA) is 101 Å². The minimum Gasteiger partial charge on any atom is -0.467 e. The predicted octanol–water partition coefficient (Wildman–Crippen LogP) is 5.09. The summed E-state index contributed by atoms with van der Waals surface area (Å²) >= 11 is 0. The number of furan rings is 1. The standard InChI is InChI=1S/C24H23N3O4/c28-24(26-15-20-7-4-12-31-20)13-18(9-8-17-5-2-1-3-6-17)22-16-25-23-11-10-19(27(29)30)14-21(22)23/h1-7,10-12,14,16,18,25H,8-9,13,15H2,(H,26,28)/t18-/m1/s1. The van der Waals surface area contributed by atoms with E-state index in [1.165, 1.54) is 11.6 Å². The van der Waals surface area contributed by atoms with Crippen LogP contribution in [0.2, 0.25) is 0 Å². The fourth-order valence-corrected chi connectivity index (χ4v) is 3.83. The van der Waals surface area contributed by atoms with Gasteiger partial charge in [0, 0.05) is 35.7 Å². The number of aromatic nitrogens is 1. The van der Waals surface area contributed by atoms with Crippen molar-refractivity contribution in [1.29, 1.82) is 0 Å². The Morgan fingerprint density at radius 3 is 2.71 bits per heavy atom. The number of nitro benzene ring substituents is 1. The summed E-state index contributed by atoms with van der Waals surface area (Å²) in [5, 5.41) is 14.9. The molecular formula is C24H23N3O4. The number of benzene rings is 2. The Hall–Kier alpha value is -3.87. The van der Waals surface area contributed by atoms with E-state index >= 15 is 0 Å². The minimum atomic E-state index is -0.398. The molecule has 7 nitrogen and oxygen atoms in total. The number of non-ortho nitro benzene ring substituents is 1. The summed E-state index contributed by atoms with van der Waals surface area (Å²) in [6.45, 7) is 0.330. The molecule has 7 heteroatoms. The number of nitro groups is 1. The molecule has 0 fully saturated rings. The molecule has 158 valence electrons. The first-order valence-electron chi connectivity index (χ1n) is 10.2. The Bertz CT molecular complexity index is 1170. The number of nitrogens with one attached hydrogen (secondary N) is 2. The highest BCUT2D eigenvalue weighted by molar-refractivity contribution is 5.87. The zero-order chi connectivity index (χ0) is 21.6. The van der Waals surface area contributed by atoms with Crippen LogP contribution in [0, 0.1) is 10.1 Å². The third kappa shape index (κ3) is 5.01. The fourth-order valence-electron chi connectivity index (χ4n) is 3.83. The Morgan fingerprint density at radius 2 is 1.97 bits per heavy atom. The highest BCUT2D eigenvalue weighted by Gasteiger charge is 2.21. The zero-order valence-electron chi connectivity index (χ0n) is 16.9. The highest BCUT2D eigenvalue weighted by Crippen LogP contribution is 2.33. The Kier molecular flexibility index (Phi) is 6.12. The lowest BCUT2D eigenvalue weighted by molar-refractivity contribution is -0.384. The summed E-state index contributed by atoms with van der Waals surface area (Å²) in [6.07, 6.45) is 5.27. The molecule has 0 spiro atoms. The number of nitrogens with zero attached hydrogens (tertiary/aromatic N) is 1. The number of aryl methyl sites for hydroxylation is 1. The molecule has 0 bridgehead atoms. The van der Waals surface area contributed by atoms with Gasteiger partial charge in [0.05, 0.1) is 17.7 Å². The molecule has 1 atom stereocenters. The normalized spacial score (nSPS) is 12.0. The van der Waals surface area contributed by atoms with Crippen molar-refractivity contribution >= 4 is 22.5 Å². The quantitative estimate of drug-likeness (QED) is 0.292. The van der Waals surface area contributed by atoms with Crippen LogP contribution in [0.4, 0.5) is 5.69 Å². The molecule has 2 heterocycles. The maximum atomic E-state index is 12.7. The molecule has 0 radical (unpaired) electrons. The van der Waals surface area contributed by atoms with E-state index in [1.54, 1.807) is 24.5 Å². The van der Waals surface area contributed by atoms with E-state index in [9.17, 15) is 14.9 Å². The van der Waals surface area contributed by atoms with Gasteiger partial charge in [0.2, 0.25) is 5.91 Å². The molecule has 0 aliphatic carbocycles. The second-order valence-corrected chi connectivity index (χ2v) is 7.51. The lowest BCUT2D eigenvalue weighted by atomic mass is 9.89. The maximum absolute atomic E-state index is 12.7.